The number of rotatable bonds is 5. The lowest BCUT2D eigenvalue weighted by Gasteiger charge is -2.08. The van der Waals surface area contributed by atoms with Crippen molar-refractivity contribution in [2.24, 2.45) is 5.73 Å². The summed E-state index contributed by atoms with van der Waals surface area (Å²) >= 11 is 0. The molecule has 0 radical (unpaired) electrons. The van der Waals surface area contributed by atoms with Gasteiger partial charge in [0.1, 0.15) is 13.2 Å². The first-order valence-electron chi connectivity index (χ1n) is 6.03. The molecule has 0 aliphatic rings. The van der Waals surface area contributed by atoms with E-state index in [1.807, 2.05) is 23.5 Å². The summed E-state index contributed by atoms with van der Waals surface area (Å²) in [4.78, 5) is 33.7. The third kappa shape index (κ3) is 5.96. The first kappa shape index (κ1) is 15.6. The molecule has 0 saturated heterocycles. The summed E-state index contributed by atoms with van der Waals surface area (Å²) < 4.78 is 4.89. The topological polar surface area (TPSA) is 111 Å². The zero-order valence-electron chi connectivity index (χ0n) is 11.1. The van der Waals surface area contributed by atoms with Crippen LogP contribution in [0.15, 0.2) is 30.3 Å². The Morgan fingerprint density at radius 2 is 1.90 bits per heavy atom. The summed E-state index contributed by atoms with van der Waals surface area (Å²) in [5.41, 5.74) is 6.11. The van der Waals surface area contributed by atoms with Crippen LogP contribution in [0.2, 0.25) is 0 Å². The lowest BCUT2D eigenvalue weighted by Crippen LogP contribution is -2.45. The van der Waals surface area contributed by atoms with Crippen LogP contribution in [-0.2, 0) is 20.9 Å². The number of benzene rings is 1. The number of carbonyl (C=O) groups excluding carboxylic acids is 3. The Bertz CT molecular complexity index is 474. The second-order valence-corrected chi connectivity index (χ2v) is 4.12. The van der Waals surface area contributed by atoms with Crippen LogP contribution in [-0.4, -0.2) is 30.5 Å². The number of hydrogen-bond donors (Lipinski definition) is 3. The van der Waals surface area contributed by atoms with Crippen LogP contribution in [0.3, 0.4) is 0 Å². The SMILES string of the molecule is C[C@H](N)C(=O)NC(=O)CNC(=O)OCc1ccccc1. The van der Waals surface area contributed by atoms with E-state index < -0.39 is 23.9 Å². The van der Waals surface area contributed by atoms with E-state index in [-0.39, 0.29) is 13.2 Å². The number of ether oxygens (including phenoxy) is 1. The quantitative estimate of drug-likeness (QED) is 0.697. The molecule has 7 nitrogen and oxygen atoms in total. The Kier molecular flexibility index (Phi) is 6.18. The zero-order valence-corrected chi connectivity index (χ0v) is 11.1. The van der Waals surface area contributed by atoms with Crippen molar-refractivity contribution in [1.29, 1.82) is 0 Å². The molecule has 20 heavy (non-hydrogen) atoms. The summed E-state index contributed by atoms with van der Waals surface area (Å²) in [5, 5.41) is 4.27. The van der Waals surface area contributed by atoms with E-state index >= 15 is 0 Å². The Hall–Kier alpha value is -2.41. The highest BCUT2D eigenvalue weighted by Gasteiger charge is 2.12. The molecule has 1 rings (SSSR count). The Labute approximate surface area is 116 Å². The first-order chi connectivity index (χ1) is 9.49. The van der Waals surface area contributed by atoms with Crippen molar-refractivity contribution in [3.8, 4) is 0 Å². The van der Waals surface area contributed by atoms with E-state index in [1.165, 1.54) is 6.92 Å². The van der Waals surface area contributed by atoms with Crippen LogP contribution in [0.4, 0.5) is 4.79 Å². The summed E-state index contributed by atoms with van der Waals surface area (Å²) in [6, 6.07) is 8.32. The fourth-order valence-corrected chi connectivity index (χ4v) is 1.22. The Morgan fingerprint density at radius 3 is 2.50 bits per heavy atom. The number of carbonyl (C=O) groups is 3. The zero-order chi connectivity index (χ0) is 15.0. The molecule has 0 bridgehead atoms. The van der Waals surface area contributed by atoms with Gasteiger partial charge in [-0.1, -0.05) is 30.3 Å². The largest absolute Gasteiger partial charge is 0.445 e. The van der Waals surface area contributed by atoms with Gasteiger partial charge in [-0.25, -0.2) is 4.79 Å². The standard InChI is InChI=1S/C13H17N3O4/c1-9(14)12(18)16-11(17)7-15-13(19)20-8-10-5-3-2-4-6-10/h2-6,9H,7-8,14H2,1H3,(H,15,19)(H,16,17,18)/t9-/m0/s1. The van der Waals surface area contributed by atoms with E-state index in [2.05, 4.69) is 5.32 Å². The molecule has 0 fully saturated rings. The normalized spacial score (nSPS) is 11.3. The number of alkyl carbamates (subject to hydrolysis) is 1. The minimum Gasteiger partial charge on any atom is -0.445 e. The van der Waals surface area contributed by atoms with Gasteiger partial charge in [-0.15, -0.1) is 0 Å². The van der Waals surface area contributed by atoms with Gasteiger partial charge in [-0.2, -0.15) is 0 Å². The number of imide groups is 1. The first-order valence-corrected chi connectivity index (χ1v) is 6.03. The second-order valence-electron chi connectivity index (χ2n) is 4.12. The van der Waals surface area contributed by atoms with Crippen LogP contribution < -0.4 is 16.4 Å². The van der Waals surface area contributed by atoms with Gasteiger partial charge < -0.3 is 15.8 Å². The molecule has 0 unspecified atom stereocenters. The number of nitrogens with one attached hydrogen (secondary N) is 2. The van der Waals surface area contributed by atoms with Gasteiger partial charge in [-0.05, 0) is 12.5 Å². The fraction of sp³-hybridized carbons (Fsp3) is 0.308. The van der Waals surface area contributed by atoms with Crippen molar-refractivity contribution in [3.05, 3.63) is 35.9 Å². The predicted molar refractivity (Wildman–Crippen MR) is 71.4 cm³/mol. The van der Waals surface area contributed by atoms with Crippen molar-refractivity contribution >= 4 is 17.9 Å². The highest BCUT2D eigenvalue weighted by molar-refractivity contribution is 5.98. The summed E-state index contributed by atoms with van der Waals surface area (Å²) in [6.07, 6.45) is -0.739. The third-order valence-electron chi connectivity index (χ3n) is 2.28. The average molecular weight is 279 g/mol. The Morgan fingerprint density at radius 1 is 1.25 bits per heavy atom. The molecule has 0 aromatic heterocycles. The molecule has 1 aromatic rings. The maximum atomic E-state index is 11.3. The van der Waals surface area contributed by atoms with Crippen LogP contribution in [0.25, 0.3) is 0 Å². The van der Waals surface area contributed by atoms with Gasteiger partial charge in [0, 0.05) is 0 Å². The summed E-state index contributed by atoms with van der Waals surface area (Å²) in [7, 11) is 0. The molecular formula is C13H17N3O4. The molecule has 1 atom stereocenters. The summed E-state index contributed by atoms with van der Waals surface area (Å²) in [5.74, 6) is -1.25. The van der Waals surface area contributed by atoms with Crippen molar-refractivity contribution in [3.63, 3.8) is 0 Å². The molecule has 7 heteroatoms. The van der Waals surface area contributed by atoms with Gasteiger partial charge in [0.25, 0.3) is 0 Å². The molecule has 0 aliphatic heterocycles. The van der Waals surface area contributed by atoms with Crippen LogP contribution in [0.5, 0.6) is 0 Å². The van der Waals surface area contributed by atoms with E-state index in [4.69, 9.17) is 10.5 Å². The van der Waals surface area contributed by atoms with Gasteiger partial charge in [0.05, 0.1) is 6.04 Å². The molecule has 4 N–H and O–H groups in total. The smallest absolute Gasteiger partial charge is 0.407 e. The van der Waals surface area contributed by atoms with Crippen molar-refractivity contribution in [2.45, 2.75) is 19.6 Å². The van der Waals surface area contributed by atoms with E-state index in [1.54, 1.807) is 12.1 Å². The monoisotopic (exact) mass is 279 g/mol. The molecule has 0 saturated carbocycles. The lowest BCUT2D eigenvalue weighted by atomic mass is 10.2. The number of nitrogens with two attached hydrogens (primary N) is 1. The summed E-state index contributed by atoms with van der Waals surface area (Å²) in [6.45, 7) is 1.20. The number of hydrogen-bond acceptors (Lipinski definition) is 5. The molecular weight excluding hydrogens is 262 g/mol. The molecule has 1 aromatic carbocycles. The van der Waals surface area contributed by atoms with E-state index in [0.29, 0.717) is 0 Å². The average Bonchev–Trinajstić information content (AvgIpc) is 2.43. The van der Waals surface area contributed by atoms with Gasteiger partial charge in [0.15, 0.2) is 0 Å². The van der Waals surface area contributed by atoms with Crippen molar-refractivity contribution in [1.82, 2.24) is 10.6 Å². The molecule has 108 valence electrons. The van der Waals surface area contributed by atoms with E-state index in [0.717, 1.165) is 5.56 Å². The van der Waals surface area contributed by atoms with Crippen LogP contribution >= 0.6 is 0 Å². The van der Waals surface area contributed by atoms with Gasteiger partial charge in [0.2, 0.25) is 11.8 Å². The molecule has 0 heterocycles. The maximum Gasteiger partial charge on any atom is 0.407 e. The maximum absolute atomic E-state index is 11.3. The van der Waals surface area contributed by atoms with Gasteiger partial charge >= 0.3 is 6.09 Å². The fourth-order valence-electron chi connectivity index (χ4n) is 1.22. The van der Waals surface area contributed by atoms with Gasteiger partial charge in [-0.3, -0.25) is 14.9 Å². The molecule has 0 spiro atoms. The van der Waals surface area contributed by atoms with Crippen molar-refractivity contribution < 1.29 is 19.1 Å². The molecule has 3 amide bonds. The predicted octanol–water partition coefficient (Wildman–Crippen LogP) is -0.0972. The van der Waals surface area contributed by atoms with Crippen molar-refractivity contribution in [2.75, 3.05) is 6.54 Å². The second kappa shape index (κ2) is 7.90. The third-order valence-corrected chi connectivity index (χ3v) is 2.28. The van der Waals surface area contributed by atoms with E-state index in [9.17, 15) is 14.4 Å². The number of amides is 3. The Balaban J connectivity index is 2.23. The highest BCUT2D eigenvalue weighted by atomic mass is 16.5. The minimum atomic E-state index is -0.788. The van der Waals surface area contributed by atoms with Crippen LogP contribution in [0.1, 0.15) is 12.5 Å². The minimum absolute atomic E-state index is 0.104. The van der Waals surface area contributed by atoms with Crippen LogP contribution in [0, 0.1) is 0 Å². The lowest BCUT2D eigenvalue weighted by molar-refractivity contribution is -0.130. The highest BCUT2D eigenvalue weighted by Crippen LogP contribution is 2.00. The molecule has 0 aliphatic carbocycles.